The number of fused-ring (bicyclic) bond motifs is 3. The molecule has 3 aliphatic rings. The number of aryl methyl sites for hydroxylation is 2. The number of rotatable bonds is 5. The van der Waals surface area contributed by atoms with Crippen molar-refractivity contribution in [3.8, 4) is 5.75 Å². The van der Waals surface area contributed by atoms with Crippen molar-refractivity contribution in [1.29, 1.82) is 0 Å². The number of Topliss-reactive ketones (excluding diaryl/α,β-unsaturated/α-hetero) is 2. The van der Waals surface area contributed by atoms with E-state index >= 15 is 0 Å². The Kier molecular flexibility index (Phi) is 5.31. The first kappa shape index (κ1) is 22.0. The highest BCUT2D eigenvalue weighted by molar-refractivity contribution is 6.21. The molecule has 2 aromatic rings. The molecule has 1 fully saturated rings. The molecule has 3 aliphatic carbocycles. The highest BCUT2D eigenvalue weighted by atomic mass is 16.3. The van der Waals surface area contributed by atoms with E-state index in [1.165, 1.54) is 6.07 Å². The van der Waals surface area contributed by atoms with Crippen LogP contribution in [-0.2, 0) is 33.6 Å². The lowest BCUT2D eigenvalue weighted by atomic mass is 9.61. The van der Waals surface area contributed by atoms with Crippen molar-refractivity contribution >= 4 is 23.2 Å². The van der Waals surface area contributed by atoms with Crippen LogP contribution in [0.2, 0.25) is 0 Å². The SMILES string of the molecule is NC(=O)C1=C(O)C2C(=O)C3=C(O)c4c(O)ccc(CCCc5ccc[nH]5)c4CC3CC2CC1=O. The van der Waals surface area contributed by atoms with Crippen molar-refractivity contribution in [2.45, 2.75) is 38.5 Å². The monoisotopic (exact) mass is 462 g/mol. The molecule has 0 spiro atoms. The summed E-state index contributed by atoms with van der Waals surface area (Å²) < 4.78 is 0. The highest BCUT2D eigenvalue weighted by Crippen LogP contribution is 2.50. The summed E-state index contributed by atoms with van der Waals surface area (Å²) in [6.07, 6.45) is 5.13. The molecule has 1 saturated carbocycles. The summed E-state index contributed by atoms with van der Waals surface area (Å²) in [4.78, 5) is 40.7. The van der Waals surface area contributed by atoms with Crippen LogP contribution in [0, 0.1) is 17.8 Å². The van der Waals surface area contributed by atoms with Crippen LogP contribution >= 0.6 is 0 Å². The van der Waals surface area contributed by atoms with Crippen LogP contribution in [0.4, 0.5) is 0 Å². The van der Waals surface area contributed by atoms with Gasteiger partial charge >= 0.3 is 0 Å². The molecule has 6 N–H and O–H groups in total. The Labute approximate surface area is 195 Å². The van der Waals surface area contributed by atoms with Gasteiger partial charge < -0.3 is 26.0 Å². The van der Waals surface area contributed by atoms with Gasteiger partial charge in [-0.3, -0.25) is 14.4 Å². The summed E-state index contributed by atoms with van der Waals surface area (Å²) >= 11 is 0. The molecule has 3 unspecified atom stereocenters. The maximum atomic E-state index is 13.4. The molecular weight excluding hydrogens is 436 g/mol. The molecule has 8 nitrogen and oxygen atoms in total. The zero-order valence-corrected chi connectivity index (χ0v) is 18.5. The normalized spacial score (nSPS) is 24.1. The van der Waals surface area contributed by atoms with Gasteiger partial charge in [0.15, 0.2) is 11.6 Å². The number of benzene rings is 1. The maximum Gasteiger partial charge on any atom is 0.255 e. The van der Waals surface area contributed by atoms with Gasteiger partial charge in [-0.15, -0.1) is 0 Å². The number of carbonyl (C=O) groups excluding carboxylic acids is 3. The fourth-order valence-electron chi connectivity index (χ4n) is 5.93. The van der Waals surface area contributed by atoms with E-state index in [1.54, 1.807) is 0 Å². The maximum absolute atomic E-state index is 13.4. The third-order valence-electron chi connectivity index (χ3n) is 7.42. The number of aliphatic hydroxyl groups excluding tert-OH is 2. The zero-order chi connectivity index (χ0) is 24.1. The van der Waals surface area contributed by atoms with Gasteiger partial charge in [0.25, 0.3) is 5.91 Å². The van der Waals surface area contributed by atoms with Crippen LogP contribution in [0.1, 0.15) is 41.6 Å². The minimum atomic E-state index is -1.10. The number of phenols is 1. The van der Waals surface area contributed by atoms with Crippen molar-refractivity contribution < 1.29 is 29.7 Å². The second-order valence-corrected chi connectivity index (χ2v) is 9.40. The minimum absolute atomic E-state index is 0.0564. The van der Waals surface area contributed by atoms with E-state index in [-0.39, 0.29) is 35.0 Å². The Bertz CT molecular complexity index is 1270. The van der Waals surface area contributed by atoms with Gasteiger partial charge in [-0.1, -0.05) is 6.07 Å². The summed E-state index contributed by atoms with van der Waals surface area (Å²) in [7, 11) is 0. The predicted octanol–water partition coefficient (Wildman–Crippen LogP) is 2.81. The molecule has 0 bridgehead atoms. The van der Waals surface area contributed by atoms with Crippen LogP contribution in [0.3, 0.4) is 0 Å². The second-order valence-electron chi connectivity index (χ2n) is 9.40. The number of amides is 1. The molecular formula is C26H26N2O6. The molecule has 1 aromatic heterocycles. The van der Waals surface area contributed by atoms with Crippen LogP contribution in [-0.4, -0.2) is 37.8 Å². The van der Waals surface area contributed by atoms with Gasteiger partial charge in [-0.05, 0) is 73.3 Å². The van der Waals surface area contributed by atoms with E-state index < -0.39 is 40.6 Å². The number of primary amides is 1. The number of allylic oxidation sites excluding steroid dienone is 2. The van der Waals surface area contributed by atoms with Gasteiger partial charge in [-0.25, -0.2) is 0 Å². The first-order valence-electron chi connectivity index (χ1n) is 11.5. The fourth-order valence-corrected chi connectivity index (χ4v) is 5.93. The Morgan fingerprint density at radius 2 is 1.88 bits per heavy atom. The summed E-state index contributed by atoms with van der Waals surface area (Å²) in [6, 6.07) is 7.35. The van der Waals surface area contributed by atoms with E-state index in [1.807, 2.05) is 24.4 Å². The third-order valence-corrected chi connectivity index (χ3v) is 7.42. The number of aromatic amines is 1. The van der Waals surface area contributed by atoms with Gasteiger partial charge in [0.1, 0.15) is 22.8 Å². The standard InChI is InChI=1S/C26H26N2O6/c27-26(34)22-18(30)11-14-9-13-10-16-12(3-1-4-15-5-2-8-28-15)6-7-17(29)21(16)24(32)19(13)23(31)20(14)25(22)33/h2,5-8,13-14,20,28-29,32-33H,1,3-4,9-11H2,(H2,27,34). The number of phenolic OH excluding ortho intramolecular Hbond substituents is 1. The quantitative estimate of drug-likeness (QED) is 0.431. The van der Waals surface area contributed by atoms with E-state index in [2.05, 4.69) is 4.98 Å². The first-order chi connectivity index (χ1) is 16.3. The molecule has 0 radical (unpaired) electrons. The third kappa shape index (κ3) is 3.41. The van der Waals surface area contributed by atoms with E-state index in [9.17, 15) is 29.7 Å². The van der Waals surface area contributed by atoms with Crippen LogP contribution in [0.25, 0.3) is 5.76 Å². The topological polar surface area (TPSA) is 154 Å². The number of aromatic nitrogens is 1. The number of H-pyrrole nitrogens is 1. The molecule has 1 heterocycles. The molecule has 5 rings (SSSR count). The largest absolute Gasteiger partial charge is 0.511 e. The Hall–Kier alpha value is -3.81. The molecule has 0 saturated heterocycles. The van der Waals surface area contributed by atoms with Gasteiger partial charge in [-0.2, -0.15) is 0 Å². The zero-order valence-electron chi connectivity index (χ0n) is 18.5. The van der Waals surface area contributed by atoms with E-state index in [0.717, 1.165) is 36.1 Å². The smallest absolute Gasteiger partial charge is 0.255 e. The first-order valence-corrected chi connectivity index (χ1v) is 11.5. The minimum Gasteiger partial charge on any atom is -0.511 e. The predicted molar refractivity (Wildman–Crippen MR) is 123 cm³/mol. The Balaban J connectivity index is 1.51. The van der Waals surface area contributed by atoms with Crippen molar-refractivity contribution in [1.82, 2.24) is 4.98 Å². The molecule has 1 amide bonds. The van der Waals surface area contributed by atoms with Gasteiger partial charge in [0, 0.05) is 23.9 Å². The van der Waals surface area contributed by atoms with Crippen LogP contribution in [0.15, 0.2) is 47.4 Å². The van der Waals surface area contributed by atoms with E-state index in [0.29, 0.717) is 12.8 Å². The summed E-state index contributed by atoms with van der Waals surface area (Å²) in [5.74, 6) is -5.07. The van der Waals surface area contributed by atoms with Crippen molar-refractivity contribution in [3.05, 3.63) is 69.8 Å². The number of ketones is 2. The average Bonchev–Trinajstić information content (AvgIpc) is 3.28. The molecule has 34 heavy (non-hydrogen) atoms. The van der Waals surface area contributed by atoms with Crippen molar-refractivity contribution in [2.75, 3.05) is 0 Å². The highest BCUT2D eigenvalue weighted by Gasteiger charge is 2.50. The lowest BCUT2D eigenvalue weighted by Gasteiger charge is -2.41. The molecule has 176 valence electrons. The number of nitrogens with one attached hydrogen (secondary N) is 1. The number of aliphatic hydroxyl groups is 2. The summed E-state index contributed by atoms with van der Waals surface area (Å²) in [5, 5.41) is 32.3. The molecule has 1 aromatic carbocycles. The van der Waals surface area contributed by atoms with E-state index in [4.69, 9.17) is 5.73 Å². The Morgan fingerprint density at radius 1 is 1.09 bits per heavy atom. The van der Waals surface area contributed by atoms with Crippen LogP contribution < -0.4 is 5.73 Å². The van der Waals surface area contributed by atoms with Gasteiger partial charge in [0.2, 0.25) is 0 Å². The number of aromatic hydroxyl groups is 1. The number of nitrogens with two attached hydrogens (primary N) is 1. The second kappa shape index (κ2) is 8.20. The van der Waals surface area contributed by atoms with Crippen molar-refractivity contribution in [3.63, 3.8) is 0 Å². The lowest BCUT2D eigenvalue weighted by Crippen LogP contribution is -2.44. The summed E-state index contributed by atoms with van der Waals surface area (Å²) in [6.45, 7) is 0. The Morgan fingerprint density at radius 3 is 2.59 bits per heavy atom. The van der Waals surface area contributed by atoms with Crippen molar-refractivity contribution in [2.24, 2.45) is 23.5 Å². The molecule has 3 atom stereocenters. The summed E-state index contributed by atoms with van der Waals surface area (Å²) in [5.41, 5.74) is 8.05. The average molecular weight is 463 g/mol. The molecule has 0 aliphatic heterocycles. The van der Waals surface area contributed by atoms with Gasteiger partial charge in [0.05, 0.1) is 11.5 Å². The fraction of sp³-hybridized carbons (Fsp3) is 0.346. The number of hydrogen-bond donors (Lipinski definition) is 5. The molecule has 8 heteroatoms. The number of hydrogen-bond acceptors (Lipinski definition) is 6. The number of carbonyl (C=O) groups is 3. The lowest BCUT2D eigenvalue weighted by molar-refractivity contribution is -0.127. The van der Waals surface area contributed by atoms with Crippen LogP contribution in [0.5, 0.6) is 5.75 Å².